The lowest BCUT2D eigenvalue weighted by atomic mass is 9.74. The van der Waals surface area contributed by atoms with Crippen LogP contribution in [0.4, 0.5) is 9.18 Å². The number of hydrogen-bond donors (Lipinski definition) is 2. The minimum absolute atomic E-state index is 0.237. The topological polar surface area (TPSA) is 59.6 Å². The molecule has 2 N–H and O–H groups in total. The number of benzene rings is 1. The lowest BCUT2D eigenvalue weighted by Gasteiger charge is -2.38. The molecule has 0 aliphatic carbocycles. The molecule has 0 atom stereocenters. The fourth-order valence-electron chi connectivity index (χ4n) is 2.73. The Morgan fingerprint density at radius 2 is 2.14 bits per heavy atom. The van der Waals surface area contributed by atoms with E-state index in [4.69, 9.17) is 9.47 Å². The first kappa shape index (κ1) is 16.7. The Kier molecular flexibility index (Phi) is 6.15. The van der Waals surface area contributed by atoms with Gasteiger partial charge in [0.1, 0.15) is 5.82 Å². The van der Waals surface area contributed by atoms with Crippen molar-refractivity contribution in [1.82, 2.24) is 10.6 Å². The molecule has 0 saturated carbocycles. The van der Waals surface area contributed by atoms with Gasteiger partial charge in [0.05, 0.1) is 6.61 Å². The highest BCUT2D eigenvalue weighted by molar-refractivity contribution is 5.73. The molecule has 0 spiro atoms. The molecule has 0 radical (unpaired) electrons. The summed E-state index contributed by atoms with van der Waals surface area (Å²) in [5.74, 6) is -0.257. The van der Waals surface area contributed by atoms with Crippen molar-refractivity contribution >= 4 is 6.03 Å². The van der Waals surface area contributed by atoms with Gasteiger partial charge in [0.25, 0.3) is 0 Å². The van der Waals surface area contributed by atoms with Crippen molar-refractivity contribution < 1.29 is 18.7 Å². The van der Waals surface area contributed by atoms with E-state index in [1.807, 2.05) is 6.07 Å². The number of carbonyl (C=O) groups excluding carboxylic acids is 1. The fourth-order valence-corrected chi connectivity index (χ4v) is 2.73. The van der Waals surface area contributed by atoms with Crippen LogP contribution in [0.5, 0.6) is 0 Å². The Morgan fingerprint density at radius 3 is 2.82 bits per heavy atom. The molecule has 1 aromatic rings. The molecule has 6 heteroatoms. The molecule has 22 heavy (non-hydrogen) atoms. The first-order valence-corrected chi connectivity index (χ1v) is 7.51. The molecular formula is C16H23FN2O3. The van der Waals surface area contributed by atoms with Crippen LogP contribution in [0.25, 0.3) is 0 Å². The Balaban J connectivity index is 2.02. The van der Waals surface area contributed by atoms with Crippen molar-refractivity contribution in [3.8, 4) is 0 Å². The normalized spacial score (nSPS) is 17.0. The quantitative estimate of drug-likeness (QED) is 0.788. The summed E-state index contributed by atoms with van der Waals surface area (Å²) in [5.41, 5.74) is 0.631. The second kappa shape index (κ2) is 8.10. The predicted molar refractivity (Wildman–Crippen MR) is 81.4 cm³/mol. The number of nitrogens with one attached hydrogen (secondary N) is 2. The molecule has 1 aliphatic rings. The maximum atomic E-state index is 13.6. The van der Waals surface area contributed by atoms with E-state index in [0.717, 1.165) is 18.4 Å². The second-order valence-electron chi connectivity index (χ2n) is 5.51. The van der Waals surface area contributed by atoms with Gasteiger partial charge in [0.2, 0.25) is 0 Å². The van der Waals surface area contributed by atoms with Crippen molar-refractivity contribution in [3.05, 3.63) is 35.6 Å². The maximum Gasteiger partial charge on any atom is 0.314 e. The Bertz CT molecular complexity index is 490. The SMILES string of the molecule is COCCNC(=O)NCC1(c2cccc(F)c2)CCOCC1. The third kappa shape index (κ3) is 4.42. The molecule has 0 aromatic heterocycles. The molecule has 1 heterocycles. The van der Waals surface area contributed by atoms with Crippen molar-refractivity contribution in [2.24, 2.45) is 0 Å². The van der Waals surface area contributed by atoms with Crippen LogP contribution in [0, 0.1) is 5.82 Å². The van der Waals surface area contributed by atoms with Gasteiger partial charge in [-0.15, -0.1) is 0 Å². The molecule has 1 fully saturated rings. The number of ether oxygens (including phenoxy) is 2. The highest BCUT2D eigenvalue weighted by Crippen LogP contribution is 2.34. The lowest BCUT2D eigenvalue weighted by molar-refractivity contribution is 0.0505. The van der Waals surface area contributed by atoms with Crippen LogP contribution < -0.4 is 10.6 Å². The van der Waals surface area contributed by atoms with Crippen molar-refractivity contribution in [3.63, 3.8) is 0 Å². The lowest BCUT2D eigenvalue weighted by Crippen LogP contribution is -2.47. The number of halogens is 1. The number of methoxy groups -OCH3 is 1. The Labute approximate surface area is 130 Å². The minimum atomic E-state index is -0.279. The van der Waals surface area contributed by atoms with E-state index in [0.29, 0.717) is 32.9 Å². The number of carbonyl (C=O) groups is 1. The summed E-state index contributed by atoms with van der Waals surface area (Å²) in [5, 5.41) is 5.61. The van der Waals surface area contributed by atoms with Crippen LogP contribution in [0.3, 0.4) is 0 Å². The van der Waals surface area contributed by atoms with Gasteiger partial charge in [-0.3, -0.25) is 0 Å². The van der Waals surface area contributed by atoms with Gasteiger partial charge in [0.15, 0.2) is 0 Å². The van der Waals surface area contributed by atoms with Gasteiger partial charge in [-0.1, -0.05) is 12.1 Å². The van der Waals surface area contributed by atoms with E-state index in [2.05, 4.69) is 10.6 Å². The zero-order valence-electron chi connectivity index (χ0n) is 12.9. The molecule has 2 amide bonds. The van der Waals surface area contributed by atoms with Gasteiger partial charge >= 0.3 is 6.03 Å². The van der Waals surface area contributed by atoms with Crippen molar-refractivity contribution in [2.45, 2.75) is 18.3 Å². The van der Waals surface area contributed by atoms with Crippen LogP contribution >= 0.6 is 0 Å². The summed E-state index contributed by atoms with van der Waals surface area (Å²) in [7, 11) is 1.58. The largest absolute Gasteiger partial charge is 0.383 e. The molecule has 1 aromatic carbocycles. The highest BCUT2D eigenvalue weighted by Gasteiger charge is 2.35. The third-order valence-corrected chi connectivity index (χ3v) is 4.07. The average Bonchev–Trinajstić information content (AvgIpc) is 2.54. The number of hydrogen-bond acceptors (Lipinski definition) is 3. The van der Waals surface area contributed by atoms with E-state index < -0.39 is 0 Å². The summed E-state index contributed by atoms with van der Waals surface area (Å²) >= 11 is 0. The van der Waals surface area contributed by atoms with Crippen LogP contribution in [-0.2, 0) is 14.9 Å². The van der Waals surface area contributed by atoms with Crippen LogP contribution in [-0.4, -0.2) is 46.1 Å². The number of amides is 2. The van der Waals surface area contributed by atoms with E-state index in [9.17, 15) is 9.18 Å². The second-order valence-corrected chi connectivity index (χ2v) is 5.51. The van der Waals surface area contributed by atoms with Crippen LogP contribution in [0.15, 0.2) is 24.3 Å². The molecular weight excluding hydrogens is 287 g/mol. The zero-order valence-corrected chi connectivity index (χ0v) is 12.9. The van der Waals surface area contributed by atoms with Crippen molar-refractivity contribution in [2.75, 3.05) is 40.0 Å². The summed E-state index contributed by atoms with van der Waals surface area (Å²) < 4.78 is 23.9. The average molecular weight is 310 g/mol. The van der Waals surface area contributed by atoms with E-state index in [1.165, 1.54) is 6.07 Å². The summed E-state index contributed by atoms with van der Waals surface area (Å²) in [6.07, 6.45) is 1.52. The van der Waals surface area contributed by atoms with Gasteiger partial charge < -0.3 is 20.1 Å². The molecule has 122 valence electrons. The first-order chi connectivity index (χ1) is 10.7. The minimum Gasteiger partial charge on any atom is -0.383 e. The smallest absolute Gasteiger partial charge is 0.314 e. The predicted octanol–water partition coefficient (Wildman–Crippen LogP) is 1.82. The maximum absolute atomic E-state index is 13.6. The molecule has 1 saturated heterocycles. The van der Waals surface area contributed by atoms with Crippen molar-refractivity contribution in [1.29, 1.82) is 0 Å². The molecule has 0 unspecified atom stereocenters. The van der Waals surface area contributed by atoms with Gasteiger partial charge in [0, 0.05) is 38.8 Å². The monoisotopic (exact) mass is 310 g/mol. The third-order valence-electron chi connectivity index (χ3n) is 4.07. The summed E-state index contributed by atoms with van der Waals surface area (Å²) in [6, 6.07) is 6.37. The van der Waals surface area contributed by atoms with Gasteiger partial charge in [-0.2, -0.15) is 0 Å². The van der Waals surface area contributed by atoms with Crippen LogP contribution in [0.2, 0.25) is 0 Å². The first-order valence-electron chi connectivity index (χ1n) is 7.51. The molecule has 2 rings (SSSR count). The molecule has 5 nitrogen and oxygen atoms in total. The highest BCUT2D eigenvalue weighted by atomic mass is 19.1. The molecule has 1 aliphatic heterocycles. The zero-order chi connectivity index (χ0) is 15.8. The Morgan fingerprint density at radius 1 is 1.36 bits per heavy atom. The Hall–Kier alpha value is -1.66. The number of rotatable bonds is 6. The van der Waals surface area contributed by atoms with E-state index in [-0.39, 0.29) is 17.3 Å². The molecule has 0 bridgehead atoms. The number of urea groups is 1. The summed E-state index contributed by atoms with van der Waals surface area (Å²) in [6.45, 7) is 2.61. The van der Waals surface area contributed by atoms with Crippen LogP contribution in [0.1, 0.15) is 18.4 Å². The van der Waals surface area contributed by atoms with Gasteiger partial charge in [-0.05, 0) is 30.5 Å². The summed E-state index contributed by atoms with van der Waals surface area (Å²) in [4.78, 5) is 11.8. The standard InChI is InChI=1S/C16H23FN2O3/c1-21-10-7-18-15(20)19-12-16(5-8-22-9-6-16)13-3-2-4-14(17)11-13/h2-4,11H,5-10,12H2,1H3,(H2,18,19,20). The fraction of sp³-hybridized carbons (Fsp3) is 0.562. The van der Waals surface area contributed by atoms with E-state index >= 15 is 0 Å². The van der Waals surface area contributed by atoms with Gasteiger partial charge in [-0.25, -0.2) is 9.18 Å². The van der Waals surface area contributed by atoms with E-state index in [1.54, 1.807) is 19.2 Å².